The first-order chi connectivity index (χ1) is 11.1. The standard InChI is InChI=1S/C17H21ClN4O.HI/c1-19-16(22(2)11-15-7-10-23-21-15)20-12-17(8-9-17)13-3-5-14(18)6-4-13;/h3-7,10H,8-9,11-12H2,1-2H3,(H,19,20);1H. The molecule has 1 aromatic carbocycles. The molecular formula is C17H22ClIN4O. The van der Waals surface area contributed by atoms with Crippen molar-refractivity contribution in [2.45, 2.75) is 24.8 Å². The van der Waals surface area contributed by atoms with Gasteiger partial charge in [-0.25, -0.2) is 0 Å². The number of aliphatic imine (C=N–C) groups is 1. The molecule has 1 saturated carbocycles. The molecule has 24 heavy (non-hydrogen) atoms. The highest BCUT2D eigenvalue weighted by atomic mass is 127. The highest BCUT2D eigenvalue weighted by Crippen LogP contribution is 2.47. The molecule has 1 heterocycles. The molecule has 1 aromatic heterocycles. The van der Waals surface area contributed by atoms with Gasteiger partial charge in [-0.3, -0.25) is 4.99 Å². The highest BCUT2D eigenvalue weighted by molar-refractivity contribution is 14.0. The van der Waals surface area contributed by atoms with Crippen molar-refractivity contribution in [3.63, 3.8) is 0 Å². The topological polar surface area (TPSA) is 53.7 Å². The zero-order valence-electron chi connectivity index (χ0n) is 13.8. The van der Waals surface area contributed by atoms with Gasteiger partial charge in [0, 0.05) is 37.1 Å². The molecule has 3 rings (SSSR count). The fraction of sp³-hybridized carbons (Fsp3) is 0.412. The Bertz CT molecular complexity index is 668. The number of halogens is 2. The van der Waals surface area contributed by atoms with Gasteiger partial charge in [0.1, 0.15) is 12.0 Å². The van der Waals surface area contributed by atoms with Crippen molar-refractivity contribution in [3.8, 4) is 0 Å². The highest BCUT2D eigenvalue weighted by Gasteiger charge is 2.44. The summed E-state index contributed by atoms with van der Waals surface area (Å²) in [5, 5.41) is 8.20. The second kappa shape index (κ2) is 8.20. The minimum absolute atomic E-state index is 0. The summed E-state index contributed by atoms with van der Waals surface area (Å²) in [4.78, 5) is 6.40. The number of hydrogen-bond donors (Lipinski definition) is 1. The van der Waals surface area contributed by atoms with Crippen molar-refractivity contribution in [1.82, 2.24) is 15.4 Å². The van der Waals surface area contributed by atoms with Crippen LogP contribution in [0.25, 0.3) is 0 Å². The number of nitrogens with one attached hydrogen (secondary N) is 1. The van der Waals surface area contributed by atoms with Crippen LogP contribution in [0.1, 0.15) is 24.1 Å². The second-order valence-corrected chi connectivity index (χ2v) is 6.47. The minimum Gasteiger partial charge on any atom is -0.364 e. The van der Waals surface area contributed by atoms with Crippen LogP contribution in [0.15, 0.2) is 46.1 Å². The average molecular weight is 461 g/mol. The van der Waals surface area contributed by atoms with E-state index < -0.39 is 0 Å². The maximum Gasteiger partial charge on any atom is 0.193 e. The predicted molar refractivity (Wildman–Crippen MR) is 107 cm³/mol. The summed E-state index contributed by atoms with van der Waals surface area (Å²) in [6.45, 7) is 1.52. The molecule has 1 aliphatic carbocycles. The predicted octanol–water partition coefficient (Wildman–Crippen LogP) is 3.69. The normalized spacial score (nSPS) is 15.5. The zero-order chi connectivity index (χ0) is 16.3. The Kier molecular flexibility index (Phi) is 6.51. The molecular weight excluding hydrogens is 439 g/mol. The molecule has 0 aliphatic heterocycles. The van der Waals surface area contributed by atoms with Crippen LogP contribution >= 0.6 is 35.6 Å². The monoisotopic (exact) mass is 460 g/mol. The van der Waals surface area contributed by atoms with E-state index in [1.165, 1.54) is 18.4 Å². The smallest absolute Gasteiger partial charge is 0.193 e. The van der Waals surface area contributed by atoms with Crippen LogP contribution in [-0.4, -0.2) is 36.7 Å². The molecule has 7 heteroatoms. The number of guanidine groups is 1. The Morgan fingerprint density at radius 3 is 2.58 bits per heavy atom. The number of rotatable bonds is 5. The Morgan fingerprint density at radius 1 is 1.33 bits per heavy atom. The molecule has 0 spiro atoms. The van der Waals surface area contributed by atoms with E-state index in [0.717, 1.165) is 23.2 Å². The Hall–Kier alpha value is -1.28. The summed E-state index contributed by atoms with van der Waals surface area (Å²) in [5.74, 6) is 0.855. The van der Waals surface area contributed by atoms with E-state index in [1.807, 2.05) is 30.1 Å². The van der Waals surface area contributed by atoms with Crippen LogP contribution in [0, 0.1) is 0 Å². The first-order valence-electron chi connectivity index (χ1n) is 7.70. The summed E-state index contributed by atoms with van der Waals surface area (Å²) in [6, 6.07) is 10.0. The summed E-state index contributed by atoms with van der Waals surface area (Å²) in [5.41, 5.74) is 2.42. The number of aromatic nitrogens is 1. The van der Waals surface area contributed by atoms with Gasteiger partial charge in [-0.1, -0.05) is 28.9 Å². The van der Waals surface area contributed by atoms with E-state index in [2.05, 4.69) is 27.6 Å². The van der Waals surface area contributed by atoms with Gasteiger partial charge in [0.15, 0.2) is 5.96 Å². The van der Waals surface area contributed by atoms with Gasteiger partial charge in [0.2, 0.25) is 0 Å². The van der Waals surface area contributed by atoms with Crippen LogP contribution in [0.4, 0.5) is 0 Å². The first kappa shape index (κ1) is 19.1. The molecule has 1 N–H and O–H groups in total. The minimum atomic E-state index is 0. The molecule has 5 nitrogen and oxygen atoms in total. The summed E-state index contributed by atoms with van der Waals surface area (Å²) >= 11 is 5.99. The lowest BCUT2D eigenvalue weighted by atomic mass is 9.96. The number of hydrogen-bond acceptors (Lipinski definition) is 3. The van der Waals surface area contributed by atoms with Crippen molar-refractivity contribution in [1.29, 1.82) is 0 Å². The molecule has 2 aromatic rings. The second-order valence-electron chi connectivity index (χ2n) is 6.03. The van der Waals surface area contributed by atoms with Gasteiger partial charge in [0.25, 0.3) is 0 Å². The fourth-order valence-corrected chi connectivity index (χ4v) is 2.92. The lowest BCUT2D eigenvalue weighted by Crippen LogP contribution is -2.42. The van der Waals surface area contributed by atoms with Gasteiger partial charge >= 0.3 is 0 Å². The van der Waals surface area contributed by atoms with Crippen molar-refractivity contribution in [2.75, 3.05) is 20.6 Å². The summed E-state index contributed by atoms with van der Waals surface area (Å²) in [6.07, 6.45) is 3.95. The van der Waals surface area contributed by atoms with Crippen LogP contribution in [-0.2, 0) is 12.0 Å². The molecule has 0 atom stereocenters. The van der Waals surface area contributed by atoms with Gasteiger partial charge in [-0.2, -0.15) is 0 Å². The van der Waals surface area contributed by atoms with Gasteiger partial charge < -0.3 is 14.7 Å². The molecule has 0 radical (unpaired) electrons. The lowest BCUT2D eigenvalue weighted by Gasteiger charge is -2.24. The zero-order valence-corrected chi connectivity index (χ0v) is 16.9. The molecule has 130 valence electrons. The van der Waals surface area contributed by atoms with Crippen molar-refractivity contribution >= 4 is 41.5 Å². The van der Waals surface area contributed by atoms with Crippen molar-refractivity contribution < 1.29 is 4.52 Å². The Balaban J connectivity index is 0.00000208. The molecule has 0 bridgehead atoms. The molecule has 0 unspecified atom stereocenters. The number of benzene rings is 1. The van der Waals surface area contributed by atoms with E-state index >= 15 is 0 Å². The summed E-state index contributed by atoms with van der Waals surface area (Å²) < 4.78 is 4.87. The van der Waals surface area contributed by atoms with E-state index in [-0.39, 0.29) is 29.4 Å². The van der Waals surface area contributed by atoms with E-state index in [1.54, 1.807) is 13.3 Å². The van der Waals surface area contributed by atoms with Gasteiger partial charge in [0.05, 0.1) is 6.54 Å². The third kappa shape index (κ3) is 4.42. The van der Waals surface area contributed by atoms with Crippen molar-refractivity contribution in [3.05, 3.63) is 52.9 Å². The van der Waals surface area contributed by atoms with Crippen LogP contribution in [0.2, 0.25) is 5.02 Å². The fourth-order valence-electron chi connectivity index (χ4n) is 2.79. The number of nitrogens with zero attached hydrogens (tertiary/aromatic N) is 3. The van der Waals surface area contributed by atoms with E-state index in [0.29, 0.717) is 6.54 Å². The Morgan fingerprint density at radius 2 is 2.04 bits per heavy atom. The maximum atomic E-state index is 5.99. The van der Waals surface area contributed by atoms with Crippen molar-refractivity contribution in [2.24, 2.45) is 4.99 Å². The van der Waals surface area contributed by atoms with Crippen LogP contribution in [0.5, 0.6) is 0 Å². The Labute approximate surface area is 164 Å². The SMILES string of the molecule is CN=C(NCC1(c2ccc(Cl)cc2)CC1)N(C)Cc1ccon1.I. The van der Waals surface area contributed by atoms with Gasteiger partial charge in [-0.15, -0.1) is 24.0 Å². The molecule has 1 fully saturated rings. The largest absolute Gasteiger partial charge is 0.364 e. The third-order valence-corrected chi connectivity index (χ3v) is 4.61. The third-order valence-electron chi connectivity index (χ3n) is 4.36. The lowest BCUT2D eigenvalue weighted by molar-refractivity contribution is 0.390. The molecule has 1 aliphatic rings. The maximum absolute atomic E-state index is 5.99. The van der Waals surface area contributed by atoms with E-state index in [4.69, 9.17) is 16.1 Å². The van der Waals surface area contributed by atoms with E-state index in [9.17, 15) is 0 Å². The summed E-state index contributed by atoms with van der Waals surface area (Å²) in [7, 11) is 3.79. The molecule has 0 saturated heterocycles. The van der Waals surface area contributed by atoms with Crippen LogP contribution < -0.4 is 5.32 Å². The molecule has 0 amide bonds. The van der Waals surface area contributed by atoms with Crippen LogP contribution in [0.3, 0.4) is 0 Å². The first-order valence-corrected chi connectivity index (χ1v) is 8.08. The quantitative estimate of drug-likeness (QED) is 0.420. The average Bonchev–Trinajstić information content (AvgIpc) is 3.16. The van der Waals surface area contributed by atoms with Gasteiger partial charge in [-0.05, 0) is 30.5 Å².